The molecule has 2 N–H and O–H groups in total. The number of hydrogen-bond acceptors (Lipinski definition) is 3. The minimum atomic E-state index is -0.145. The highest BCUT2D eigenvalue weighted by atomic mass is 16.2. The van der Waals surface area contributed by atoms with Gasteiger partial charge in [0.1, 0.15) is 6.04 Å². The highest BCUT2D eigenvalue weighted by Crippen LogP contribution is 2.24. The van der Waals surface area contributed by atoms with Crippen LogP contribution in [0.3, 0.4) is 0 Å². The molecule has 4 heteroatoms. The van der Waals surface area contributed by atoms with Crippen LogP contribution in [0.25, 0.3) is 0 Å². The zero-order valence-electron chi connectivity index (χ0n) is 9.58. The number of hydrogen-bond donors (Lipinski definition) is 1. The Hall–Kier alpha value is -0.610. The smallest absolute Gasteiger partial charge is 0.241 e. The van der Waals surface area contributed by atoms with Crippen molar-refractivity contribution in [3.8, 4) is 0 Å². The van der Waals surface area contributed by atoms with E-state index in [0.717, 1.165) is 13.1 Å². The van der Waals surface area contributed by atoms with Crippen molar-refractivity contribution in [2.24, 2.45) is 5.73 Å². The summed E-state index contributed by atoms with van der Waals surface area (Å²) in [6, 6.07) is -0.145. The first-order chi connectivity index (χ1) is 6.44. The standard InChI is InChI=1S/C10H21N3O/c1-5-13-8(6-11)9(14)12(4)7-10(13,2)3/h8H,5-7,11H2,1-4H3. The van der Waals surface area contributed by atoms with Crippen molar-refractivity contribution in [1.82, 2.24) is 9.80 Å². The summed E-state index contributed by atoms with van der Waals surface area (Å²) in [5.41, 5.74) is 5.68. The summed E-state index contributed by atoms with van der Waals surface area (Å²) in [6.07, 6.45) is 0. The fourth-order valence-electron chi connectivity index (χ4n) is 2.44. The molecule has 1 aliphatic rings. The molecule has 0 radical (unpaired) electrons. The maximum absolute atomic E-state index is 11.8. The molecule has 0 aliphatic carbocycles. The molecule has 4 nitrogen and oxygen atoms in total. The van der Waals surface area contributed by atoms with Gasteiger partial charge in [0.05, 0.1) is 0 Å². The lowest BCUT2D eigenvalue weighted by Gasteiger charge is -2.49. The predicted octanol–water partition coefficient (Wildman–Crippen LogP) is -0.114. The molecule has 0 aromatic rings. The fourth-order valence-corrected chi connectivity index (χ4v) is 2.44. The molecule has 0 aromatic heterocycles. The molecule has 0 saturated carbocycles. The topological polar surface area (TPSA) is 49.6 Å². The van der Waals surface area contributed by atoms with Crippen LogP contribution in [0.4, 0.5) is 0 Å². The maximum atomic E-state index is 11.8. The Balaban J connectivity index is 2.93. The monoisotopic (exact) mass is 199 g/mol. The highest BCUT2D eigenvalue weighted by Gasteiger charge is 2.41. The second kappa shape index (κ2) is 3.87. The number of nitrogens with zero attached hydrogens (tertiary/aromatic N) is 2. The van der Waals surface area contributed by atoms with Gasteiger partial charge in [-0.05, 0) is 20.4 Å². The van der Waals surface area contributed by atoms with E-state index in [0.29, 0.717) is 6.54 Å². The first kappa shape index (κ1) is 11.5. The van der Waals surface area contributed by atoms with Crippen molar-refractivity contribution >= 4 is 5.91 Å². The van der Waals surface area contributed by atoms with Crippen LogP contribution in [0, 0.1) is 0 Å². The van der Waals surface area contributed by atoms with Gasteiger partial charge in [-0.25, -0.2) is 0 Å². The SMILES string of the molecule is CCN1C(CN)C(=O)N(C)CC1(C)C. The van der Waals surface area contributed by atoms with Crippen LogP contribution in [-0.2, 0) is 4.79 Å². The van der Waals surface area contributed by atoms with E-state index in [1.54, 1.807) is 4.90 Å². The molecule has 82 valence electrons. The summed E-state index contributed by atoms with van der Waals surface area (Å²) < 4.78 is 0. The van der Waals surface area contributed by atoms with Crippen molar-refractivity contribution in [2.45, 2.75) is 32.4 Å². The number of likely N-dealkylation sites (N-methyl/N-ethyl adjacent to an activating group) is 2. The van der Waals surface area contributed by atoms with Crippen LogP contribution < -0.4 is 5.73 Å². The Bertz CT molecular complexity index is 227. The van der Waals surface area contributed by atoms with Crippen LogP contribution in [-0.4, -0.2) is 54.0 Å². The molecule has 0 bridgehead atoms. The van der Waals surface area contributed by atoms with Gasteiger partial charge >= 0.3 is 0 Å². The van der Waals surface area contributed by atoms with Crippen molar-refractivity contribution in [3.63, 3.8) is 0 Å². The van der Waals surface area contributed by atoms with E-state index in [4.69, 9.17) is 5.73 Å². The predicted molar refractivity (Wildman–Crippen MR) is 56.9 cm³/mol. The van der Waals surface area contributed by atoms with Crippen molar-refractivity contribution in [1.29, 1.82) is 0 Å². The van der Waals surface area contributed by atoms with Gasteiger partial charge in [-0.1, -0.05) is 6.92 Å². The summed E-state index contributed by atoms with van der Waals surface area (Å²) in [4.78, 5) is 15.8. The zero-order valence-corrected chi connectivity index (χ0v) is 9.58. The molecule has 1 heterocycles. The van der Waals surface area contributed by atoms with Crippen LogP contribution >= 0.6 is 0 Å². The Morgan fingerprint density at radius 2 is 2.14 bits per heavy atom. The Labute approximate surface area is 86.0 Å². The van der Waals surface area contributed by atoms with Crippen LogP contribution in [0.1, 0.15) is 20.8 Å². The number of piperazine rings is 1. The van der Waals surface area contributed by atoms with Gasteiger partial charge in [-0.2, -0.15) is 0 Å². The molecule has 0 aromatic carbocycles. The lowest BCUT2D eigenvalue weighted by molar-refractivity contribution is -0.147. The van der Waals surface area contributed by atoms with Crippen molar-refractivity contribution in [2.75, 3.05) is 26.7 Å². The summed E-state index contributed by atoms with van der Waals surface area (Å²) in [7, 11) is 1.85. The molecule has 1 atom stereocenters. The van der Waals surface area contributed by atoms with E-state index in [1.165, 1.54) is 0 Å². The Kier molecular flexibility index (Phi) is 3.17. The largest absolute Gasteiger partial charge is 0.343 e. The van der Waals surface area contributed by atoms with Gasteiger partial charge in [0.25, 0.3) is 0 Å². The maximum Gasteiger partial charge on any atom is 0.241 e. The van der Waals surface area contributed by atoms with Gasteiger partial charge in [-0.15, -0.1) is 0 Å². The summed E-state index contributed by atoms with van der Waals surface area (Å²) in [5, 5.41) is 0. The molecular formula is C10H21N3O. The molecule has 0 spiro atoms. The molecule has 14 heavy (non-hydrogen) atoms. The molecule has 1 unspecified atom stereocenters. The third-order valence-corrected chi connectivity index (χ3v) is 3.00. The molecule has 1 aliphatic heterocycles. The lowest BCUT2D eigenvalue weighted by Crippen LogP contribution is -2.67. The van der Waals surface area contributed by atoms with Crippen molar-refractivity contribution < 1.29 is 4.79 Å². The van der Waals surface area contributed by atoms with E-state index in [1.807, 2.05) is 7.05 Å². The highest BCUT2D eigenvalue weighted by molar-refractivity contribution is 5.83. The Morgan fingerprint density at radius 1 is 1.57 bits per heavy atom. The summed E-state index contributed by atoms with van der Waals surface area (Å²) in [5.74, 6) is 0.147. The van der Waals surface area contributed by atoms with Gasteiger partial charge in [0.2, 0.25) is 5.91 Å². The number of rotatable bonds is 2. The van der Waals surface area contributed by atoms with E-state index in [2.05, 4.69) is 25.7 Å². The number of carbonyl (C=O) groups excluding carboxylic acids is 1. The normalized spacial score (nSPS) is 28.2. The number of nitrogens with two attached hydrogens (primary N) is 1. The van der Waals surface area contributed by atoms with Crippen LogP contribution in [0.2, 0.25) is 0 Å². The summed E-state index contributed by atoms with van der Waals surface area (Å²) >= 11 is 0. The minimum absolute atomic E-state index is 0.0292. The fraction of sp³-hybridized carbons (Fsp3) is 0.900. The van der Waals surface area contributed by atoms with Gasteiger partial charge in [-0.3, -0.25) is 9.69 Å². The lowest BCUT2D eigenvalue weighted by atomic mass is 9.94. The zero-order chi connectivity index (χ0) is 10.9. The van der Waals surface area contributed by atoms with Crippen LogP contribution in [0.5, 0.6) is 0 Å². The Morgan fingerprint density at radius 3 is 2.57 bits per heavy atom. The average Bonchev–Trinajstić information content (AvgIpc) is 2.09. The first-order valence-electron chi connectivity index (χ1n) is 5.16. The quantitative estimate of drug-likeness (QED) is 0.675. The van der Waals surface area contributed by atoms with Gasteiger partial charge in [0.15, 0.2) is 0 Å². The van der Waals surface area contributed by atoms with Gasteiger partial charge in [0, 0.05) is 25.7 Å². The van der Waals surface area contributed by atoms with E-state index in [-0.39, 0.29) is 17.5 Å². The molecule has 1 rings (SSSR count). The molecule has 1 fully saturated rings. The van der Waals surface area contributed by atoms with E-state index >= 15 is 0 Å². The second-order valence-corrected chi connectivity index (χ2v) is 4.54. The third-order valence-electron chi connectivity index (χ3n) is 3.00. The van der Waals surface area contributed by atoms with E-state index < -0.39 is 0 Å². The summed E-state index contributed by atoms with van der Waals surface area (Å²) in [6.45, 7) is 8.43. The molecule has 1 saturated heterocycles. The van der Waals surface area contributed by atoms with E-state index in [9.17, 15) is 4.79 Å². The molecular weight excluding hydrogens is 178 g/mol. The van der Waals surface area contributed by atoms with Gasteiger partial charge < -0.3 is 10.6 Å². The first-order valence-corrected chi connectivity index (χ1v) is 5.16. The second-order valence-electron chi connectivity index (χ2n) is 4.54. The number of carbonyl (C=O) groups is 1. The minimum Gasteiger partial charge on any atom is -0.343 e. The molecule has 1 amide bonds. The third kappa shape index (κ3) is 1.77. The van der Waals surface area contributed by atoms with Crippen LogP contribution in [0.15, 0.2) is 0 Å². The number of amides is 1. The van der Waals surface area contributed by atoms with Crippen molar-refractivity contribution in [3.05, 3.63) is 0 Å². The average molecular weight is 199 g/mol.